The number of methoxy groups -OCH3 is 1. The highest BCUT2D eigenvalue weighted by molar-refractivity contribution is 8.00. The predicted octanol–water partition coefficient (Wildman–Crippen LogP) is 2.15. The lowest BCUT2D eigenvalue weighted by Gasteiger charge is -2.09. The lowest BCUT2D eigenvalue weighted by Crippen LogP contribution is -2.18. The van der Waals surface area contributed by atoms with E-state index >= 15 is 0 Å². The van der Waals surface area contributed by atoms with E-state index in [9.17, 15) is 14.4 Å². The molecular formula is C19H25N3O6S. The molecule has 10 heteroatoms. The fraction of sp³-hybridized carbons (Fsp3) is 0.474. The Morgan fingerprint density at radius 2 is 1.97 bits per heavy atom. The van der Waals surface area contributed by atoms with Crippen molar-refractivity contribution in [1.29, 1.82) is 0 Å². The normalized spacial score (nSPS) is 10.8. The molecule has 0 aliphatic carbocycles. The van der Waals surface area contributed by atoms with Gasteiger partial charge in [-0.2, -0.15) is 0 Å². The van der Waals surface area contributed by atoms with Gasteiger partial charge in [-0.25, -0.2) is 0 Å². The van der Waals surface area contributed by atoms with Crippen LogP contribution >= 0.6 is 11.8 Å². The third kappa shape index (κ3) is 6.75. The first kappa shape index (κ1) is 22.7. The van der Waals surface area contributed by atoms with Crippen LogP contribution in [0, 0.1) is 20.8 Å². The van der Waals surface area contributed by atoms with E-state index in [0.29, 0.717) is 30.3 Å². The molecule has 0 atom stereocenters. The molecule has 29 heavy (non-hydrogen) atoms. The Kier molecular flexibility index (Phi) is 8.47. The molecule has 158 valence electrons. The number of nitrogens with one attached hydrogen (secondary N) is 1. The van der Waals surface area contributed by atoms with Crippen LogP contribution in [0.15, 0.2) is 16.7 Å². The minimum atomic E-state index is -0.554. The van der Waals surface area contributed by atoms with Crippen molar-refractivity contribution in [3.05, 3.63) is 34.8 Å². The second-order valence-electron chi connectivity index (χ2n) is 6.38. The second kappa shape index (κ2) is 10.8. The molecule has 1 N–H and O–H groups in total. The van der Waals surface area contributed by atoms with Crippen LogP contribution in [0.2, 0.25) is 0 Å². The van der Waals surface area contributed by atoms with E-state index in [1.807, 2.05) is 18.4 Å². The van der Waals surface area contributed by atoms with E-state index in [4.69, 9.17) is 14.0 Å². The summed E-state index contributed by atoms with van der Waals surface area (Å²) in [6.07, 6.45) is 0. The lowest BCUT2D eigenvalue weighted by molar-refractivity contribution is -0.139. The van der Waals surface area contributed by atoms with E-state index in [1.54, 1.807) is 26.2 Å². The highest BCUT2D eigenvalue weighted by Gasteiger charge is 2.17. The van der Waals surface area contributed by atoms with Gasteiger partial charge < -0.3 is 23.9 Å². The van der Waals surface area contributed by atoms with Crippen LogP contribution in [0.3, 0.4) is 0 Å². The smallest absolute Gasteiger partial charge is 0.316 e. The monoisotopic (exact) mass is 423 g/mol. The quantitative estimate of drug-likeness (QED) is 0.432. The number of hydrogen-bond donors (Lipinski definition) is 1. The number of ketones is 1. The van der Waals surface area contributed by atoms with Crippen molar-refractivity contribution in [3.8, 4) is 0 Å². The summed E-state index contributed by atoms with van der Waals surface area (Å²) >= 11 is 1.09. The van der Waals surface area contributed by atoms with E-state index < -0.39 is 5.97 Å². The number of rotatable bonds is 11. The van der Waals surface area contributed by atoms with Crippen molar-refractivity contribution in [2.24, 2.45) is 0 Å². The molecule has 0 saturated carbocycles. The molecule has 0 saturated heterocycles. The number of aromatic nitrogens is 2. The number of Topliss-reactive ketones (excluding diaryl/α,β-unsaturated/α-hetero) is 1. The first-order valence-electron chi connectivity index (χ1n) is 8.97. The van der Waals surface area contributed by atoms with E-state index in [1.165, 1.54) is 0 Å². The van der Waals surface area contributed by atoms with Gasteiger partial charge in [0, 0.05) is 36.7 Å². The Hall–Kier alpha value is -2.59. The number of nitrogens with zero attached hydrogens (tertiary/aromatic N) is 2. The fourth-order valence-electron chi connectivity index (χ4n) is 2.71. The van der Waals surface area contributed by atoms with E-state index in [-0.39, 0.29) is 29.8 Å². The summed E-state index contributed by atoms with van der Waals surface area (Å²) in [5.41, 5.74) is 2.29. The third-order valence-electron chi connectivity index (χ3n) is 4.11. The summed E-state index contributed by atoms with van der Waals surface area (Å²) in [6, 6.07) is 3.38. The largest absolute Gasteiger partial charge is 0.457 e. The highest BCUT2D eigenvalue weighted by Crippen LogP contribution is 2.16. The van der Waals surface area contributed by atoms with Crippen molar-refractivity contribution in [2.75, 3.05) is 37.1 Å². The van der Waals surface area contributed by atoms with Crippen LogP contribution in [0.1, 0.15) is 27.5 Å². The number of carbonyl (C=O) groups is 3. The maximum Gasteiger partial charge on any atom is 0.316 e. The van der Waals surface area contributed by atoms with Gasteiger partial charge >= 0.3 is 5.97 Å². The summed E-state index contributed by atoms with van der Waals surface area (Å²) in [5.74, 6) is -0.206. The zero-order valence-corrected chi connectivity index (χ0v) is 17.8. The molecule has 2 rings (SSSR count). The van der Waals surface area contributed by atoms with E-state index in [2.05, 4.69) is 10.5 Å². The Morgan fingerprint density at radius 1 is 1.21 bits per heavy atom. The van der Waals surface area contributed by atoms with Gasteiger partial charge in [0.25, 0.3) is 0 Å². The molecular weight excluding hydrogens is 398 g/mol. The average molecular weight is 423 g/mol. The van der Waals surface area contributed by atoms with Crippen molar-refractivity contribution in [1.82, 2.24) is 9.72 Å². The number of esters is 1. The topological polar surface area (TPSA) is 113 Å². The number of amides is 1. The number of hydrogen-bond acceptors (Lipinski definition) is 8. The molecule has 0 aliphatic rings. The van der Waals surface area contributed by atoms with Crippen molar-refractivity contribution in [2.45, 2.75) is 27.3 Å². The van der Waals surface area contributed by atoms with Gasteiger partial charge in [0.05, 0.1) is 18.1 Å². The van der Waals surface area contributed by atoms with Crippen molar-refractivity contribution in [3.63, 3.8) is 0 Å². The number of ether oxygens (including phenoxy) is 2. The first-order valence-corrected chi connectivity index (χ1v) is 10.1. The predicted molar refractivity (Wildman–Crippen MR) is 108 cm³/mol. The molecule has 0 fully saturated rings. The molecule has 0 aliphatic heterocycles. The summed E-state index contributed by atoms with van der Waals surface area (Å²) in [4.78, 5) is 36.0. The van der Waals surface area contributed by atoms with E-state index in [0.717, 1.165) is 23.1 Å². The summed E-state index contributed by atoms with van der Waals surface area (Å²) < 4.78 is 17.0. The zero-order chi connectivity index (χ0) is 21.4. The van der Waals surface area contributed by atoms with Gasteiger partial charge in [-0.1, -0.05) is 5.16 Å². The van der Waals surface area contributed by atoms with Gasteiger partial charge in [0.2, 0.25) is 11.7 Å². The Morgan fingerprint density at radius 3 is 2.62 bits per heavy atom. The summed E-state index contributed by atoms with van der Waals surface area (Å²) in [5, 5.41) is 6.21. The van der Waals surface area contributed by atoms with Gasteiger partial charge in [-0.05, 0) is 26.8 Å². The third-order valence-corrected chi connectivity index (χ3v) is 5.01. The summed E-state index contributed by atoms with van der Waals surface area (Å²) in [6.45, 7) is 6.33. The highest BCUT2D eigenvalue weighted by atomic mass is 32.2. The molecule has 1 amide bonds. The lowest BCUT2D eigenvalue weighted by atomic mass is 10.1. The molecule has 0 aromatic carbocycles. The van der Waals surface area contributed by atoms with Crippen LogP contribution in [0.5, 0.6) is 0 Å². The summed E-state index contributed by atoms with van der Waals surface area (Å²) in [7, 11) is 1.62. The Labute approximate surface area is 173 Å². The molecule has 0 radical (unpaired) electrons. The molecule has 2 heterocycles. The minimum Gasteiger partial charge on any atom is -0.457 e. The first-order chi connectivity index (χ1) is 13.8. The maximum atomic E-state index is 12.4. The van der Waals surface area contributed by atoms with Crippen LogP contribution in [0.25, 0.3) is 0 Å². The molecule has 0 spiro atoms. The van der Waals surface area contributed by atoms with Crippen molar-refractivity contribution < 1.29 is 28.4 Å². The average Bonchev–Trinajstić information content (AvgIpc) is 3.20. The van der Waals surface area contributed by atoms with Gasteiger partial charge in [-0.3, -0.25) is 14.4 Å². The number of thioether (sulfide) groups is 1. The molecule has 9 nitrogen and oxygen atoms in total. The van der Waals surface area contributed by atoms with Crippen LogP contribution < -0.4 is 5.32 Å². The molecule has 0 unspecified atom stereocenters. The number of anilines is 1. The second-order valence-corrected chi connectivity index (χ2v) is 7.36. The number of carbonyl (C=O) groups excluding carboxylic acids is 3. The minimum absolute atomic E-state index is 0.0363. The Bertz CT molecular complexity index is 873. The van der Waals surface area contributed by atoms with Gasteiger partial charge in [0.15, 0.2) is 12.4 Å². The fourth-order valence-corrected chi connectivity index (χ4v) is 3.32. The standard InChI is InChI=1S/C19H25N3O6S/c1-12-7-15(14(3)22(12)5-6-26-4)16(23)9-27-19(25)11-29-10-18(24)20-17-8-13(2)28-21-17/h7-8H,5-6,9-11H2,1-4H3,(H,20,21,24). The zero-order valence-electron chi connectivity index (χ0n) is 16.9. The molecule has 2 aromatic heterocycles. The van der Waals surface area contributed by atoms with Crippen molar-refractivity contribution >= 4 is 35.2 Å². The van der Waals surface area contributed by atoms with Crippen LogP contribution in [-0.4, -0.2) is 59.2 Å². The van der Waals surface area contributed by atoms with Gasteiger partial charge in [-0.15, -0.1) is 11.8 Å². The SMILES string of the molecule is COCCn1c(C)cc(C(=O)COC(=O)CSCC(=O)Nc2cc(C)on2)c1C. The molecule has 0 bridgehead atoms. The maximum absolute atomic E-state index is 12.4. The van der Waals surface area contributed by atoms with Gasteiger partial charge in [0.1, 0.15) is 5.76 Å². The van der Waals surface area contributed by atoms with Crippen LogP contribution in [0.4, 0.5) is 5.82 Å². The Balaban J connectivity index is 1.73. The number of aryl methyl sites for hydroxylation is 2. The van der Waals surface area contributed by atoms with Crippen LogP contribution in [-0.2, 0) is 25.6 Å². The molecule has 2 aromatic rings.